The van der Waals surface area contributed by atoms with Crippen molar-refractivity contribution >= 4 is 15.7 Å². The molecule has 0 aliphatic carbocycles. The Bertz CT molecular complexity index is 568. The zero-order chi connectivity index (χ0) is 14.9. The lowest BCUT2D eigenvalue weighted by atomic mass is 10.2. The highest BCUT2D eigenvalue weighted by molar-refractivity contribution is 7.89. The Balaban J connectivity index is 2.34. The first-order chi connectivity index (χ1) is 9.32. The van der Waals surface area contributed by atoms with Crippen molar-refractivity contribution in [2.45, 2.75) is 31.0 Å². The van der Waals surface area contributed by atoms with Crippen LogP contribution >= 0.6 is 0 Å². The number of nitrogens with zero attached hydrogens (tertiary/aromatic N) is 1. The topological polar surface area (TPSA) is 92.9 Å². The molecule has 7 heteroatoms. The number of ether oxygens (including phenoxy) is 1. The number of aryl methyl sites for hydroxylation is 1. The first kappa shape index (κ1) is 15.2. The van der Waals surface area contributed by atoms with Crippen LogP contribution in [0, 0.1) is 6.92 Å². The first-order valence-electron chi connectivity index (χ1n) is 6.46. The number of aliphatic hydroxyl groups is 1. The summed E-state index contributed by atoms with van der Waals surface area (Å²) in [6.07, 6.45) is -0.742. The van der Waals surface area contributed by atoms with Gasteiger partial charge in [-0.2, -0.15) is 4.31 Å². The molecule has 1 aliphatic rings. The van der Waals surface area contributed by atoms with Gasteiger partial charge in [-0.25, -0.2) is 8.42 Å². The third kappa shape index (κ3) is 3.12. The lowest BCUT2D eigenvalue weighted by Crippen LogP contribution is -2.50. The van der Waals surface area contributed by atoms with Crippen molar-refractivity contribution in [2.75, 3.05) is 25.4 Å². The summed E-state index contributed by atoms with van der Waals surface area (Å²) in [5.74, 6) is 0. The van der Waals surface area contributed by atoms with Crippen molar-refractivity contribution in [2.24, 2.45) is 0 Å². The fourth-order valence-corrected chi connectivity index (χ4v) is 4.06. The highest BCUT2D eigenvalue weighted by Crippen LogP contribution is 2.23. The number of benzene rings is 1. The molecule has 3 N–H and O–H groups in total. The fraction of sp³-hybridized carbons (Fsp3) is 0.538. The van der Waals surface area contributed by atoms with Gasteiger partial charge in [-0.1, -0.05) is 0 Å². The van der Waals surface area contributed by atoms with Gasteiger partial charge in [0.15, 0.2) is 0 Å². The molecular formula is C13H20N2O4S. The van der Waals surface area contributed by atoms with E-state index >= 15 is 0 Å². The Morgan fingerprint density at radius 1 is 1.40 bits per heavy atom. The molecule has 0 radical (unpaired) electrons. The molecule has 112 valence electrons. The molecule has 0 aromatic heterocycles. The Morgan fingerprint density at radius 2 is 2.10 bits per heavy atom. The molecular weight excluding hydrogens is 280 g/mol. The van der Waals surface area contributed by atoms with Crippen molar-refractivity contribution in [3.05, 3.63) is 23.8 Å². The summed E-state index contributed by atoms with van der Waals surface area (Å²) in [4.78, 5) is 0.181. The molecule has 1 aromatic carbocycles. The largest absolute Gasteiger partial charge is 0.399 e. The summed E-state index contributed by atoms with van der Waals surface area (Å²) in [6.45, 7) is 3.80. The molecule has 0 bridgehead atoms. The number of hydrogen-bond acceptors (Lipinski definition) is 5. The van der Waals surface area contributed by atoms with Crippen LogP contribution < -0.4 is 5.73 Å². The number of sulfonamides is 1. The molecule has 20 heavy (non-hydrogen) atoms. The summed E-state index contributed by atoms with van der Waals surface area (Å²) in [7, 11) is -3.62. The van der Waals surface area contributed by atoms with Crippen LogP contribution in [0.5, 0.6) is 0 Å². The van der Waals surface area contributed by atoms with Gasteiger partial charge in [0, 0.05) is 18.8 Å². The number of hydrogen-bond donors (Lipinski definition) is 2. The van der Waals surface area contributed by atoms with Gasteiger partial charge >= 0.3 is 0 Å². The average Bonchev–Trinajstić information content (AvgIpc) is 2.36. The monoisotopic (exact) mass is 300 g/mol. The quantitative estimate of drug-likeness (QED) is 0.786. The second-order valence-electron chi connectivity index (χ2n) is 5.15. The molecule has 1 fully saturated rings. The minimum absolute atomic E-state index is 0.150. The summed E-state index contributed by atoms with van der Waals surface area (Å²) in [5.41, 5.74) is 6.93. The van der Waals surface area contributed by atoms with Crippen molar-refractivity contribution in [3.63, 3.8) is 0 Å². The molecule has 1 aliphatic heterocycles. The summed E-state index contributed by atoms with van der Waals surface area (Å²) in [5, 5.41) is 9.18. The van der Waals surface area contributed by atoms with E-state index in [1.807, 2.05) is 0 Å². The maximum atomic E-state index is 12.6. The number of nitrogen functional groups attached to an aromatic ring is 1. The van der Waals surface area contributed by atoms with E-state index in [9.17, 15) is 13.5 Å². The normalized spacial score (nSPS) is 24.8. The van der Waals surface area contributed by atoms with Gasteiger partial charge in [-0.3, -0.25) is 0 Å². The van der Waals surface area contributed by atoms with Crippen molar-refractivity contribution in [1.82, 2.24) is 4.31 Å². The van der Waals surface area contributed by atoms with Crippen LogP contribution in [0.4, 0.5) is 5.69 Å². The van der Waals surface area contributed by atoms with E-state index in [1.54, 1.807) is 26.0 Å². The molecule has 1 heterocycles. The third-order valence-corrected chi connectivity index (χ3v) is 5.02. The number of morpholine rings is 1. The van der Waals surface area contributed by atoms with Gasteiger partial charge in [0.05, 0.1) is 23.7 Å². The van der Waals surface area contributed by atoms with E-state index in [0.29, 0.717) is 5.69 Å². The second kappa shape index (κ2) is 5.69. The van der Waals surface area contributed by atoms with Crippen molar-refractivity contribution in [1.29, 1.82) is 0 Å². The molecule has 6 nitrogen and oxygen atoms in total. The predicted octanol–water partition coefficient (Wildman–Crippen LogP) is 0.348. The zero-order valence-electron chi connectivity index (χ0n) is 11.6. The number of rotatable bonds is 3. The maximum absolute atomic E-state index is 12.6. The molecule has 1 saturated heterocycles. The summed E-state index contributed by atoms with van der Waals surface area (Å²) in [6, 6.07) is 4.77. The van der Waals surface area contributed by atoms with Gasteiger partial charge in [0.2, 0.25) is 10.0 Å². The van der Waals surface area contributed by atoms with E-state index in [1.165, 1.54) is 10.4 Å². The van der Waals surface area contributed by atoms with Gasteiger partial charge in [-0.05, 0) is 37.6 Å². The Morgan fingerprint density at radius 3 is 2.70 bits per heavy atom. The molecule has 0 spiro atoms. The molecule has 2 unspecified atom stereocenters. The van der Waals surface area contributed by atoms with E-state index in [4.69, 9.17) is 10.5 Å². The van der Waals surface area contributed by atoms with E-state index < -0.39 is 16.1 Å². The van der Waals surface area contributed by atoms with Crippen molar-refractivity contribution < 1.29 is 18.3 Å². The summed E-state index contributed by atoms with van der Waals surface area (Å²) < 4.78 is 32.1. The Kier molecular flexibility index (Phi) is 4.33. The smallest absolute Gasteiger partial charge is 0.243 e. The molecule has 1 aromatic rings. The fourth-order valence-electron chi connectivity index (χ4n) is 2.37. The number of anilines is 1. The van der Waals surface area contributed by atoms with Crippen molar-refractivity contribution in [3.8, 4) is 0 Å². The van der Waals surface area contributed by atoms with Gasteiger partial charge in [0.1, 0.15) is 0 Å². The van der Waals surface area contributed by atoms with E-state index in [-0.39, 0.29) is 30.7 Å². The Labute approximate surface area is 119 Å². The van der Waals surface area contributed by atoms with Crippen LogP contribution in [0.15, 0.2) is 23.1 Å². The maximum Gasteiger partial charge on any atom is 0.243 e. The van der Waals surface area contributed by atoms with Crippen LogP contribution in [-0.4, -0.2) is 49.7 Å². The van der Waals surface area contributed by atoms with Gasteiger partial charge in [-0.15, -0.1) is 0 Å². The van der Waals surface area contributed by atoms with Crippen LogP contribution in [0.2, 0.25) is 0 Å². The Hall–Kier alpha value is -1.15. The molecule has 2 atom stereocenters. The van der Waals surface area contributed by atoms with Gasteiger partial charge < -0.3 is 15.6 Å². The third-order valence-electron chi connectivity index (χ3n) is 3.21. The first-order valence-corrected chi connectivity index (χ1v) is 7.90. The van der Waals surface area contributed by atoms with Gasteiger partial charge in [0.25, 0.3) is 0 Å². The van der Waals surface area contributed by atoms with Crippen LogP contribution in [0.25, 0.3) is 0 Å². The zero-order valence-corrected chi connectivity index (χ0v) is 12.4. The lowest BCUT2D eigenvalue weighted by molar-refractivity contribution is -0.0750. The minimum atomic E-state index is -3.62. The van der Waals surface area contributed by atoms with E-state index in [2.05, 4.69) is 0 Å². The lowest BCUT2D eigenvalue weighted by Gasteiger charge is -2.35. The summed E-state index contributed by atoms with van der Waals surface area (Å²) >= 11 is 0. The van der Waals surface area contributed by atoms with E-state index in [0.717, 1.165) is 5.56 Å². The highest BCUT2D eigenvalue weighted by atomic mass is 32.2. The van der Waals surface area contributed by atoms with Crippen LogP contribution in [-0.2, 0) is 14.8 Å². The average molecular weight is 300 g/mol. The van der Waals surface area contributed by atoms with Crippen LogP contribution in [0.1, 0.15) is 12.5 Å². The molecule has 2 rings (SSSR count). The predicted molar refractivity (Wildman–Crippen MR) is 75.8 cm³/mol. The minimum Gasteiger partial charge on any atom is -0.399 e. The highest BCUT2D eigenvalue weighted by Gasteiger charge is 2.33. The standard InChI is InChI=1S/C13H20N2O4S/c1-9-3-11(14)5-13(4-9)20(17,18)15-6-10(2)19-12(7-15)8-16/h3-5,10,12,16H,6-8,14H2,1-2H3. The molecule has 0 saturated carbocycles. The number of nitrogens with two attached hydrogens (primary N) is 1. The second-order valence-corrected chi connectivity index (χ2v) is 7.09. The number of aliphatic hydroxyl groups excluding tert-OH is 1. The van der Waals surface area contributed by atoms with Crippen LogP contribution in [0.3, 0.4) is 0 Å². The molecule has 0 amide bonds. The SMILES string of the molecule is Cc1cc(N)cc(S(=O)(=O)N2CC(C)OC(CO)C2)c1.